The van der Waals surface area contributed by atoms with Gasteiger partial charge in [0.2, 0.25) is 0 Å². The van der Waals surface area contributed by atoms with Gasteiger partial charge in [0.25, 0.3) is 0 Å². The van der Waals surface area contributed by atoms with Gasteiger partial charge in [-0.3, -0.25) is 9.59 Å². The number of carbonyl (C=O) groups excluding carboxylic acids is 2. The lowest BCUT2D eigenvalue weighted by atomic mass is 10.1. The number of hydrogen-bond acceptors (Lipinski definition) is 5. The third kappa shape index (κ3) is 1.57. The standard InChI is InChI=1S/C11H4ClNO2S2/c12-11-10(16-17-13-11)7-8(14)5-3-1-2-4-6(5)9(7)15/h1-4H. The summed E-state index contributed by atoms with van der Waals surface area (Å²) in [4.78, 5) is 24.7. The van der Waals surface area contributed by atoms with Crippen LogP contribution in [0.5, 0.6) is 0 Å². The molecule has 1 aliphatic carbocycles. The van der Waals surface area contributed by atoms with Gasteiger partial charge in [0.15, 0.2) is 16.7 Å². The minimum absolute atomic E-state index is 0.148. The lowest BCUT2D eigenvalue weighted by Crippen LogP contribution is -2.05. The number of allylic oxidation sites excluding steroid dienone is 2. The summed E-state index contributed by atoms with van der Waals surface area (Å²) in [5.74, 6) is -0.520. The van der Waals surface area contributed by atoms with E-state index in [0.29, 0.717) is 16.0 Å². The van der Waals surface area contributed by atoms with Gasteiger partial charge in [0.05, 0.1) is 21.5 Å². The van der Waals surface area contributed by atoms with Crippen LogP contribution in [-0.4, -0.2) is 16.7 Å². The highest BCUT2D eigenvalue weighted by Gasteiger charge is 2.37. The highest BCUT2D eigenvalue weighted by molar-refractivity contribution is 8.78. The van der Waals surface area contributed by atoms with Crippen LogP contribution in [0.25, 0.3) is 0 Å². The van der Waals surface area contributed by atoms with E-state index in [4.69, 9.17) is 11.6 Å². The Hall–Kier alpha value is -1.04. The van der Waals surface area contributed by atoms with Crippen molar-refractivity contribution in [3.63, 3.8) is 0 Å². The Balaban J connectivity index is 2.23. The zero-order valence-corrected chi connectivity index (χ0v) is 10.7. The molecular weight excluding hydrogens is 278 g/mol. The van der Waals surface area contributed by atoms with Crippen molar-refractivity contribution in [3.8, 4) is 0 Å². The van der Waals surface area contributed by atoms with Crippen molar-refractivity contribution in [2.24, 2.45) is 4.40 Å². The van der Waals surface area contributed by atoms with Gasteiger partial charge in [-0.2, -0.15) is 4.40 Å². The smallest absolute Gasteiger partial charge is 0.199 e. The molecule has 0 saturated heterocycles. The Kier molecular flexibility index (Phi) is 2.61. The van der Waals surface area contributed by atoms with Crippen LogP contribution < -0.4 is 0 Å². The number of Topliss-reactive ketones (excluding diaryl/α,β-unsaturated/α-hetero) is 2. The highest BCUT2D eigenvalue weighted by atomic mass is 35.5. The van der Waals surface area contributed by atoms with E-state index in [0.717, 1.165) is 0 Å². The van der Waals surface area contributed by atoms with E-state index in [1.165, 1.54) is 21.8 Å². The van der Waals surface area contributed by atoms with E-state index in [1.807, 2.05) is 0 Å². The molecule has 1 aliphatic heterocycles. The first-order chi connectivity index (χ1) is 8.20. The molecule has 3 rings (SSSR count). The van der Waals surface area contributed by atoms with Crippen LogP contribution in [0.15, 0.2) is 39.1 Å². The van der Waals surface area contributed by atoms with Crippen molar-refractivity contribution in [2.45, 2.75) is 0 Å². The van der Waals surface area contributed by atoms with E-state index < -0.39 is 0 Å². The second kappa shape index (κ2) is 4.01. The quantitative estimate of drug-likeness (QED) is 0.317. The van der Waals surface area contributed by atoms with Gasteiger partial charge < -0.3 is 0 Å². The normalized spacial score (nSPS) is 18.8. The molecular formula is C11H4ClNO2S2. The van der Waals surface area contributed by atoms with Gasteiger partial charge in [0.1, 0.15) is 0 Å². The van der Waals surface area contributed by atoms with Crippen molar-refractivity contribution >= 4 is 50.1 Å². The van der Waals surface area contributed by atoms with Gasteiger partial charge >= 0.3 is 0 Å². The summed E-state index contributed by atoms with van der Waals surface area (Å²) in [6, 6.07) is 6.79. The lowest BCUT2D eigenvalue weighted by Gasteiger charge is -1.97. The van der Waals surface area contributed by atoms with Crippen LogP contribution in [-0.2, 0) is 0 Å². The number of halogens is 1. The van der Waals surface area contributed by atoms with Crippen LogP contribution in [0.1, 0.15) is 20.7 Å². The Labute approximate surface area is 110 Å². The number of fused-ring (bicyclic) bond motifs is 1. The molecule has 0 N–H and O–H groups in total. The summed E-state index contributed by atoms with van der Waals surface area (Å²) >= 11 is 5.88. The second-order valence-electron chi connectivity index (χ2n) is 3.45. The Morgan fingerprint density at radius 1 is 1.06 bits per heavy atom. The fraction of sp³-hybridized carbons (Fsp3) is 0. The van der Waals surface area contributed by atoms with Gasteiger partial charge in [-0.25, -0.2) is 0 Å². The van der Waals surface area contributed by atoms with Crippen molar-refractivity contribution in [1.82, 2.24) is 0 Å². The zero-order chi connectivity index (χ0) is 12.0. The molecule has 2 aliphatic rings. The van der Waals surface area contributed by atoms with Crippen molar-refractivity contribution < 1.29 is 9.59 Å². The summed E-state index contributed by atoms with van der Waals surface area (Å²) in [5.41, 5.74) is 1.04. The molecule has 0 fully saturated rings. The molecule has 0 aromatic heterocycles. The maximum absolute atomic E-state index is 12.1. The number of benzene rings is 1. The maximum Gasteiger partial charge on any atom is 0.199 e. The maximum atomic E-state index is 12.1. The SMILES string of the molecule is O=C1C(=C2SSN=C2Cl)C(=O)c2ccccc21. The summed E-state index contributed by atoms with van der Waals surface area (Å²) in [6.45, 7) is 0. The molecule has 1 aromatic carbocycles. The molecule has 0 bridgehead atoms. The first-order valence-electron chi connectivity index (χ1n) is 4.70. The fourth-order valence-electron chi connectivity index (χ4n) is 1.77. The summed E-state index contributed by atoms with van der Waals surface area (Å²) in [6.07, 6.45) is 0. The second-order valence-corrected chi connectivity index (χ2v) is 5.66. The molecule has 1 aromatic rings. The predicted molar refractivity (Wildman–Crippen MR) is 70.6 cm³/mol. The van der Waals surface area contributed by atoms with Crippen molar-refractivity contribution in [3.05, 3.63) is 45.9 Å². The minimum atomic E-state index is -0.260. The topological polar surface area (TPSA) is 46.5 Å². The van der Waals surface area contributed by atoms with Crippen LogP contribution in [0, 0.1) is 0 Å². The Bertz CT molecular complexity index is 585. The van der Waals surface area contributed by atoms with E-state index in [-0.39, 0.29) is 22.3 Å². The molecule has 0 unspecified atom stereocenters. The average molecular weight is 282 g/mol. The number of hydrogen-bond donors (Lipinski definition) is 0. The van der Waals surface area contributed by atoms with E-state index >= 15 is 0 Å². The Morgan fingerprint density at radius 3 is 2.12 bits per heavy atom. The third-order valence-electron chi connectivity index (χ3n) is 2.52. The highest BCUT2D eigenvalue weighted by Crippen LogP contribution is 2.44. The molecule has 0 amide bonds. The van der Waals surface area contributed by atoms with Gasteiger partial charge in [-0.15, -0.1) is 0 Å². The lowest BCUT2D eigenvalue weighted by molar-refractivity contribution is 0.0988. The summed E-state index contributed by atoms with van der Waals surface area (Å²) < 4.78 is 3.89. The van der Waals surface area contributed by atoms with E-state index in [2.05, 4.69) is 4.40 Å². The average Bonchev–Trinajstić information content (AvgIpc) is 2.84. The van der Waals surface area contributed by atoms with Crippen molar-refractivity contribution in [2.75, 3.05) is 0 Å². The van der Waals surface area contributed by atoms with Gasteiger partial charge in [-0.05, 0) is 10.8 Å². The number of nitrogens with zero attached hydrogens (tertiary/aromatic N) is 1. The van der Waals surface area contributed by atoms with Crippen LogP contribution >= 0.6 is 33.4 Å². The predicted octanol–water partition coefficient (Wildman–Crippen LogP) is 3.27. The largest absolute Gasteiger partial charge is 0.288 e. The molecule has 1 heterocycles. The number of carbonyl (C=O) groups is 2. The first-order valence-corrected chi connectivity index (χ1v) is 7.19. The molecule has 0 atom stereocenters. The first kappa shape index (κ1) is 11.1. The van der Waals surface area contributed by atoms with Gasteiger partial charge in [-0.1, -0.05) is 35.9 Å². The molecule has 0 spiro atoms. The summed E-state index contributed by atoms with van der Waals surface area (Å²) in [7, 11) is 2.42. The van der Waals surface area contributed by atoms with E-state index in [9.17, 15) is 9.59 Å². The number of ketones is 2. The molecule has 17 heavy (non-hydrogen) atoms. The monoisotopic (exact) mass is 281 g/mol. The zero-order valence-electron chi connectivity index (χ0n) is 8.27. The molecule has 6 heteroatoms. The van der Waals surface area contributed by atoms with E-state index in [1.54, 1.807) is 24.3 Å². The summed E-state index contributed by atoms with van der Waals surface area (Å²) in [5, 5.41) is 0.226. The van der Waals surface area contributed by atoms with Crippen LogP contribution in [0.3, 0.4) is 0 Å². The molecule has 0 radical (unpaired) electrons. The number of rotatable bonds is 0. The van der Waals surface area contributed by atoms with Gasteiger partial charge in [0, 0.05) is 11.1 Å². The van der Waals surface area contributed by atoms with Crippen LogP contribution in [0.2, 0.25) is 0 Å². The fourth-order valence-corrected chi connectivity index (χ4v) is 4.10. The molecule has 84 valence electrons. The van der Waals surface area contributed by atoms with Crippen LogP contribution in [0.4, 0.5) is 0 Å². The minimum Gasteiger partial charge on any atom is -0.288 e. The molecule has 3 nitrogen and oxygen atoms in total. The Morgan fingerprint density at radius 2 is 1.65 bits per heavy atom. The molecule has 0 saturated carbocycles. The van der Waals surface area contributed by atoms with Crippen molar-refractivity contribution in [1.29, 1.82) is 0 Å². The third-order valence-corrected chi connectivity index (χ3v) is 4.85.